The van der Waals surface area contributed by atoms with Gasteiger partial charge >= 0.3 is 5.97 Å². The van der Waals surface area contributed by atoms with E-state index in [4.69, 9.17) is 23.8 Å². The molecule has 6 aromatic rings. The number of thioether (sulfide) groups is 1. The van der Waals surface area contributed by atoms with E-state index >= 15 is 0 Å². The third kappa shape index (κ3) is 8.42. The number of methoxy groups -OCH3 is 1. The summed E-state index contributed by atoms with van der Waals surface area (Å²) in [5.41, 5.74) is 4.28. The van der Waals surface area contributed by atoms with Crippen LogP contribution in [0.1, 0.15) is 39.4 Å². The second kappa shape index (κ2) is 18.1. The Morgan fingerprint density at radius 1 is 0.918 bits per heavy atom. The van der Waals surface area contributed by atoms with Gasteiger partial charge in [0.2, 0.25) is 0 Å². The number of allylic oxidation sites excluding steroid dienone is 1. The van der Waals surface area contributed by atoms with Crippen LogP contribution < -0.4 is 15.4 Å². The van der Waals surface area contributed by atoms with Gasteiger partial charge in [-0.15, -0.1) is 23.1 Å². The zero-order valence-electron chi connectivity index (χ0n) is 33.3. The van der Waals surface area contributed by atoms with Crippen molar-refractivity contribution in [3.63, 3.8) is 0 Å². The van der Waals surface area contributed by atoms with Crippen molar-refractivity contribution in [3.8, 4) is 5.75 Å². The standard InChI is InChI=1S/C46H40N6O7S2/c1-29-25-36(59-50-29)24-21-31-27-60-43-39(42(54)52(43)40(31)44(55)58-26-30-19-22-35(56-2)23-20-30)48-41(53)38(51-57-3)37-28-61-45(47-37)49-46(32-13-7-4-8-14-32,33-15-9-5-10-16-33)34-17-11-6-12-18-34/h4-25,28,39,43H,26-27H2,1-3H3,(H,47,49)(H,48,53)/b24-21-,51-38-/t39-,43-/m1/s1. The fourth-order valence-corrected chi connectivity index (χ4v) is 9.30. The van der Waals surface area contributed by atoms with E-state index in [0.717, 1.165) is 22.3 Å². The van der Waals surface area contributed by atoms with Crippen LogP contribution in [0.15, 0.2) is 154 Å². The maximum absolute atomic E-state index is 14.1. The number of ether oxygens (including phenoxy) is 2. The van der Waals surface area contributed by atoms with E-state index in [2.05, 4.69) is 57.3 Å². The maximum atomic E-state index is 14.1. The van der Waals surface area contributed by atoms with E-state index < -0.39 is 34.7 Å². The third-order valence-corrected chi connectivity index (χ3v) is 12.2. The van der Waals surface area contributed by atoms with Crippen LogP contribution in [-0.2, 0) is 36.1 Å². The molecule has 0 bridgehead atoms. The number of oxime groups is 1. The Labute approximate surface area is 360 Å². The summed E-state index contributed by atoms with van der Waals surface area (Å²) in [5, 5.41) is 16.2. The van der Waals surface area contributed by atoms with Gasteiger partial charge in [0.05, 0.1) is 12.8 Å². The molecule has 4 heterocycles. The average molecular weight is 853 g/mol. The smallest absolute Gasteiger partial charge is 0.355 e. The summed E-state index contributed by atoms with van der Waals surface area (Å²) >= 11 is 2.70. The van der Waals surface area contributed by atoms with Crippen molar-refractivity contribution >= 4 is 57.8 Å². The van der Waals surface area contributed by atoms with Gasteiger partial charge in [-0.2, -0.15) is 0 Å². The van der Waals surface area contributed by atoms with Gasteiger partial charge in [-0.3, -0.25) is 14.5 Å². The molecule has 1 saturated heterocycles. The minimum Gasteiger partial charge on any atom is -0.497 e. The number of aryl methyl sites for hydroxylation is 1. The van der Waals surface area contributed by atoms with Crippen LogP contribution >= 0.6 is 23.1 Å². The van der Waals surface area contributed by atoms with E-state index in [1.54, 1.807) is 61.9 Å². The molecule has 61 heavy (non-hydrogen) atoms. The number of fused-ring (bicyclic) bond motifs is 1. The van der Waals surface area contributed by atoms with Crippen LogP contribution in [0.25, 0.3) is 6.08 Å². The number of hydrogen-bond acceptors (Lipinski definition) is 13. The van der Waals surface area contributed by atoms with Gasteiger partial charge in [-0.25, -0.2) is 9.78 Å². The van der Waals surface area contributed by atoms with Crippen LogP contribution in [0.2, 0.25) is 0 Å². The van der Waals surface area contributed by atoms with Crippen molar-refractivity contribution in [2.45, 2.75) is 30.5 Å². The molecular formula is C46H40N6O7S2. The Morgan fingerprint density at radius 2 is 1.56 bits per heavy atom. The van der Waals surface area contributed by atoms with Crippen molar-refractivity contribution in [1.82, 2.24) is 20.4 Å². The average Bonchev–Trinajstić information content (AvgIpc) is 3.96. The summed E-state index contributed by atoms with van der Waals surface area (Å²) in [6, 6.07) is 38.1. The summed E-state index contributed by atoms with van der Waals surface area (Å²) < 4.78 is 16.3. The summed E-state index contributed by atoms with van der Waals surface area (Å²) in [4.78, 5) is 53.2. The van der Waals surface area contributed by atoms with E-state index in [-0.39, 0.29) is 23.7 Å². The number of carbonyl (C=O) groups is 3. The molecule has 2 atom stereocenters. The Balaban J connectivity index is 1.04. The number of nitrogens with zero attached hydrogens (tertiary/aromatic N) is 4. The third-order valence-electron chi connectivity index (χ3n) is 10.2. The molecule has 0 saturated carbocycles. The van der Waals surface area contributed by atoms with Crippen LogP contribution in [0.5, 0.6) is 5.75 Å². The highest BCUT2D eigenvalue weighted by molar-refractivity contribution is 8.00. The number of carbonyl (C=O) groups excluding carboxylic acids is 3. The molecular weight excluding hydrogens is 813 g/mol. The molecule has 15 heteroatoms. The highest BCUT2D eigenvalue weighted by Crippen LogP contribution is 2.43. The molecule has 13 nitrogen and oxygen atoms in total. The zero-order chi connectivity index (χ0) is 42.3. The van der Waals surface area contributed by atoms with Crippen molar-refractivity contribution in [3.05, 3.63) is 183 Å². The predicted octanol–water partition coefficient (Wildman–Crippen LogP) is 7.31. The number of esters is 1. The fourth-order valence-electron chi connectivity index (χ4n) is 7.23. The summed E-state index contributed by atoms with van der Waals surface area (Å²) in [7, 11) is 2.91. The second-order valence-electron chi connectivity index (χ2n) is 14.0. The lowest BCUT2D eigenvalue weighted by Crippen LogP contribution is -2.71. The fraction of sp³-hybridized carbons (Fsp3) is 0.174. The van der Waals surface area contributed by atoms with Crippen molar-refractivity contribution < 1.29 is 33.2 Å². The lowest BCUT2D eigenvalue weighted by molar-refractivity contribution is -0.153. The van der Waals surface area contributed by atoms with Gasteiger partial charge in [0.1, 0.15) is 47.8 Å². The van der Waals surface area contributed by atoms with Crippen molar-refractivity contribution in [1.29, 1.82) is 0 Å². The quantitative estimate of drug-likeness (QED) is 0.0351. The molecule has 308 valence electrons. The van der Waals surface area contributed by atoms with Crippen molar-refractivity contribution in [2.75, 3.05) is 25.3 Å². The summed E-state index contributed by atoms with van der Waals surface area (Å²) in [6.07, 6.45) is 3.40. The van der Waals surface area contributed by atoms with Crippen LogP contribution in [-0.4, -0.2) is 69.9 Å². The first-order valence-electron chi connectivity index (χ1n) is 19.2. The lowest BCUT2D eigenvalue weighted by Gasteiger charge is -2.49. The van der Waals surface area contributed by atoms with Gasteiger partial charge in [0.25, 0.3) is 11.8 Å². The van der Waals surface area contributed by atoms with Gasteiger partial charge in [0.15, 0.2) is 16.6 Å². The molecule has 1 fully saturated rings. The molecule has 2 amide bonds. The number of β-lactam (4-membered cyclic amide) rings is 1. The SMILES string of the molecule is CO/N=C(\C(=O)N[C@@H]1C(=O)N2C(C(=O)OCc3ccc(OC)cc3)=C(/C=C\c3cc(C)no3)CS[C@H]12)c1csc(NC(c2ccccc2)(c2ccccc2)c2ccccc2)n1. The number of anilines is 1. The van der Waals surface area contributed by atoms with E-state index in [9.17, 15) is 14.4 Å². The van der Waals surface area contributed by atoms with Crippen molar-refractivity contribution in [2.24, 2.45) is 5.16 Å². The Hall–Kier alpha value is -6.97. The normalized spacial score (nSPS) is 16.5. The topological polar surface area (TPSA) is 157 Å². The molecule has 2 N–H and O–H groups in total. The van der Waals surface area contributed by atoms with E-state index in [1.807, 2.05) is 54.6 Å². The number of thiazole rings is 1. The lowest BCUT2D eigenvalue weighted by atomic mass is 9.77. The number of nitrogens with one attached hydrogen (secondary N) is 2. The molecule has 0 spiro atoms. The minimum absolute atomic E-state index is 0.0326. The summed E-state index contributed by atoms with van der Waals surface area (Å²) in [6.45, 7) is 1.77. The van der Waals surface area contributed by atoms with Gasteiger partial charge in [0, 0.05) is 17.2 Å². The molecule has 2 aliphatic heterocycles. The Morgan fingerprint density at radius 3 is 2.13 bits per heavy atom. The monoisotopic (exact) mass is 852 g/mol. The number of rotatable bonds is 15. The molecule has 8 rings (SSSR count). The highest BCUT2D eigenvalue weighted by Gasteiger charge is 2.54. The molecule has 2 aliphatic rings. The second-order valence-corrected chi connectivity index (χ2v) is 16.0. The minimum atomic E-state index is -0.982. The van der Waals surface area contributed by atoms with Crippen LogP contribution in [0, 0.1) is 6.92 Å². The molecule has 0 radical (unpaired) electrons. The zero-order valence-corrected chi connectivity index (χ0v) is 34.9. The number of amides is 2. The number of benzene rings is 4. The maximum Gasteiger partial charge on any atom is 0.355 e. The number of hydrogen-bond donors (Lipinski definition) is 2. The Kier molecular flexibility index (Phi) is 12.1. The molecule has 0 unspecified atom stereocenters. The molecule has 0 aliphatic carbocycles. The van der Waals surface area contributed by atoms with Crippen LogP contribution in [0.3, 0.4) is 0 Å². The Bertz CT molecular complexity index is 2510. The van der Waals surface area contributed by atoms with Gasteiger partial charge in [-0.1, -0.05) is 120 Å². The predicted molar refractivity (Wildman–Crippen MR) is 234 cm³/mol. The first-order chi connectivity index (χ1) is 29.8. The first-order valence-corrected chi connectivity index (χ1v) is 21.1. The molecule has 4 aromatic carbocycles. The largest absolute Gasteiger partial charge is 0.497 e. The van der Waals surface area contributed by atoms with Crippen LogP contribution in [0.4, 0.5) is 5.13 Å². The first kappa shape index (κ1) is 40.8. The summed E-state index contributed by atoms with van der Waals surface area (Å²) in [5.74, 6) is -0.352. The van der Waals surface area contributed by atoms with E-state index in [0.29, 0.717) is 33.7 Å². The highest BCUT2D eigenvalue weighted by atomic mass is 32.2. The van der Waals surface area contributed by atoms with E-state index in [1.165, 1.54) is 35.1 Å². The van der Waals surface area contributed by atoms with Gasteiger partial charge < -0.3 is 29.5 Å². The number of aromatic nitrogens is 2. The van der Waals surface area contributed by atoms with Gasteiger partial charge in [-0.05, 0) is 53.0 Å². The molecule has 2 aromatic heterocycles.